The van der Waals surface area contributed by atoms with Crippen LogP contribution in [-0.4, -0.2) is 18.7 Å². The lowest BCUT2D eigenvalue weighted by molar-refractivity contribution is 0.317. The van der Waals surface area contributed by atoms with Crippen LogP contribution in [0.5, 0.6) is 11.5 Å². The molecule has 0 spiro atoms. The van der Waals surface area contributed by atoms with Crippen LogP contribution in [0.1, 0.15) is 19.0 Å². The van der Waals surface area contributed by atoms with Gasteiger partial charge in [-0.15, -0.1) is 0 Å². The molecule has 2 aromatic carbocycles. The van der Waals surface area contributed by atoms with Crippen LogP contribution in [0, 0.1) is 11.3 Å². The van der Waals surface area contributed by atoms with Gasteiger partial charge in [0.05, 0.1) is 13.7 Å². The molecule has 0 unspecified atom stereocenters. The van der Waals surface area contributed by atoms with Gasteiger partial charge in [-0.1, -0.05) is 6.92 Å². The fourth-order valence-corrected chi connectivity index (χ4v) is 2.32. The summed E-state index contributed by atoms with van der Waals surface area (Å²) >= 11 is 0. The van der Waals surface area contributed by atoms with Gasteiger partial charge in [0.15, 0.2) is 0 Å². The van der Waals surface area contributed by atoms with Gasteiger partial charge in [-0.2, -0.15) is 10.2 Å². The van der Waals surface area contributed by atoms with Crippen LogP contribution < -0.4 is 14.8 Å². The van der Waals surface area contributed by atoms with Crippen molar-refractivity contribution < 1.29 is 13.9 Å². The van der Waals surface area contributed by atoms with Crippen LogP contribution in [0.3, 0.4) is 0 Å². The van der Waals surface area contributed by atoms with E-state index < -0.39 is 0 Å². The Morgan fingerprint density at radius 1 is 1.08 bits per heavy atom. The Balaban J connectivity index is 1.80. The lowest BCUT2D eigenvalue weighted by Crippen LogP contribution is -1.94. The number of benzene rings is 2. The highest BCUT2D eigenvalue weighted by molar-refractivity contribution is 5.64. The second-order valence-corrected chi connectivity index (χ2v) is 5.53. The largest absolute Gasteiger partial charge is 0.497 e. The van der Waals surface area contributed by atoms with Crippen molar-refractivity contribution in [3.63, 3.8) is 0 Å². The minimum Gasteiger partial charge on any atom is -0.497 e. The molecule has 0 atom stereocenters. The maximum absolute atomic E-state index is 9.33. The van der Waals surface area contributed by atoms with Gasteiger partial charge in [0, 0.05) is 11.3 Å². The standard InChI is InChI=1S/C20H19N3O3/c1-3-12-25-17-8-4-14(5-9-17)19-23-18(13-21)20(26-19)22-15-6-10-16(24-2)11-7-15/h4-11,22H,3,12H2,1-2H3. The van der Waals surface area contributed by atoms with Crippen molar-refractivity contribution in [2.45, 2.75) is 13.3 Å². The van der Waals surface area contributed by atoms with E-state index >= 15 is 0 Å². The van der Waals surface area contributed by atoms with Crippen molar-refractivity contribution in [2.24, 2.45) is 0 Å². The van der Waals surface area contributed by atoms with E-state index in [4.69, 9.17) is 13.9 Å². The molecule has 3 aromatic rings. The third-order valence-electron chi connectivity index (χ3n) is 3.66. The Morgan fingerprint density at radius 3 is 2.38 bits per heavy atom. The number of hydrogen-bond donors (Lipinski definition) is 1. The number of aromatic nitrogens is 1. The highest BCUT2D eigenvalue weighted by Gasteiger charge is 2.15. The number of methoxy groups -OCH3 is 1. The second kappa shape index (κ2) is 8.08. The molecular formula is C20H19N3O3. The minimum absolute atomic E-state index is 0.196. The maximum atomic E-state index is 9.33. The number of nitrogens with zero attached hydrogens (tertiary/aromatic N) is 2. The fraction of sp³-hybridized carbons (Fsp3) is 0.200. The number of anilines is 2. The predicted octanol–water partition coefficient (Wildman–Crippen LogP) is 4.75. The molecule has 0 saturated heterocycles. The molecule has 3 rings (SSSR count). The lowest BCUT2D eigenvalue weighted by Gasteiger charge is -2.05. The second-order valence-electron chi connectivity index (χ2n) is 5.53. The van der Waals surface area contributed by atoms with E-state index in [-0.39, 0.29) is 5.69 Å². The van der Waals surface area contributed by atoms with E-state index in [0.29, 0.717) is 18.4 Å². The van der Waals surface area contributed by atoms with Crippen LogP contribution in [0.25, 0.3) is 11.5 Å². The van der Waals surface area contributed by atoms with Gasteiger partial charge in [-0.3, -0.25) is 0 Å². The molecule has 0 radical (unpaired) electrons. The molecule has 0 fully saturated rings. The third-order valence-corrected chi connectivity index (χ3v) is 3.66. The van der Waals surface area contributed by atoms with E-state index in [0.717, 1.165) is 29.2 Å². The molecule has 6 nitrogen and oxygen atoms in total. The first kappa shape index (κ1) is 17.4. The van der Waals surface area contributed by atoms with Crippen molar-refractivity contribution >= 4 is 11.6 Å². The first-order valence-corrected chi connectivity index (χ1v) is 8.28. The van der Waals surface area contributed by atoms with Gasteiger partial charge in [0.25, 0.3) is 0 Å². The Hall–Kier alpha value is -3.46. The first-order chi connectivity index (χ1) is 12.7. The predicted molar refractivity (Wildman–Crippen MR) is 98.7 cm³/mol. The van der Waals surface area contributed by atoms with E-state index in [1.807, 2.05) is 48.5 Å². The first-order valence-electron chi connectivity index (χ1n) is 8.28. The normalized spacial score (nSPS) is 10.2. The minimum atomic E-state index is 0.196. The summed E-state index contributed by atoms with van der Waals surface area (Å²) in [6.45, 7) is 2.73. The zero-order valence-electron chi connectivity index (χ0n) is 14.7. The van der Waals surface area contributed by atoms with Gasteiger partial charge in [0.2, 0.25) is 17.5 Å². The molecule has 6 heteroatoms. The van der Waals surface area contributed by atoms with E-state index in [1.54, 1.807) is 7.11 Å². The molecule has 0 bridgehead atoms. The summed E-state index contributed by atoms with van der Waals surface area (Å²) in [4.78, 5) is 4.26. The van der Waals surface area contributed by atoms with Crippen molar-refractivity contribution in [3.05, 3.63) is 54.2 Å². The summed E-state index contributed by atoms with van der Waals surface area (Å²) in [6.07, 6.45) is 0.952. The smallest absolute Gasteiger partial charge is 0.236 e. The Kier molecular flexibility index (Phi) is 5.40. The number of nitrogens with one attached hydrogen (secondary N) is 1. The summed E-state index contributed by atoms with van der Waals surface area (Å²) < 4.78 is 16.5. The van der Waals surface area contributed by atoms with Crippen molar-refractivity contribution in [2.75, 3.05) is 19.0 Å². The molecule has 1 aromatic heterocycles. The average molecular weight is 349 g/mol. The van der Waals surface area contributed by atoms with Crippen LogP contribution in [0.4, 0.5) is 11.6 Å². The Morgan fingerprint density at radius 2 is 1.77 bits per heavy atom. The summed E-state index contributed by atoms with van der Waals surface area (Å²) in [5.41, 5.74) is 1.74. The van der Waals surface area contributed by atoms with Gasteiger partial charge in [-0.25, -0.2) is 0 Å². The van der Waals surface area contributed by atoms with Crippen molar-refractivity contribution in [3.8, 4) is 29.0 Å². The van der Waals surface area contributed by atoms with E-state index in [2.05, 4.69) is 23.3 Å². The molecule has 0 saturated carbocycles. The summed E-state index contributed by atoms with van der Waals surface area (Å²) in [5.74, 6) is 2.22. The monoisotopic (exact) mass is 349 g/mol. The SMILES string of the molecule is CCCOc1ccc(-c2nc(C#N)c(Nc3ccc(OC)cc3)o2)cc1. The zero-order valence-corrected chi connectivity index (χ0v) is 14.7. The highest BCUT2D eigenvalue weighted by Crippen LogP contribution is 2.29. The Bertz CT molecular complexity index is 894. The number of hydrogen-bond acceptors (Lipinski definition) is 6. The summed E-state index contributed by atoms with van der Waals surface area (Å²) in [6, 6.07) is 16.8. The molecule has 1 heterocycles. The van der Waals surface area contributed by atoms with Crippen LogP contribution >= 0.6 is 0 Å². The number of ether oxygens (including phenoxy) is 2. The summed E-state index contributed by atoms with van der Waals surface area (Å²) in [7, 11) is 1.61. The molecule has 132 valence electrons. The number of rotatable bonds is 7. The van der Waals surface area contributed by atoms with Crippen molar-refractivity contribution in [1.29, 1.82) is 5.26 Å². The average Bonchev–Trinajstić information content (AvgIpc) is 3.10. The quantitative estimate of drug-likeness (QED) is 0.663. The zero-order chi connectivity index (χ0) is 18.4. The molecular weight excluding hydrogens is 330 g/mol. The molecule has 0 aliphatic rings. The van der Waals surface area contributed by atoms with Crippen LogP contribution in [-0.2, 0) is 0 Å². The van der Waals surface area contributed by atoms with Gasteiger partial charge >= 0.3 is 0 Å². The van der Waals surface area contributed by atoms with Gasteiger partial charge < -0.3 is 19.2 Å². The highest BCUT2D eigenvalue weighted by atomic mass is 16.5. The molecule has 0 aliphatic carbocycles. The van der Waals surface area contributed by atoms with E-state index in [1.165, 1.54) is 0 Å². The van der Waals surface area contributed by atoms with Gasteiger partial charge in [-0.05, 0) is 55.0 Å². The fourth-order valence-electron chi connectivity index (χ4n) is 2.32. The Labute approximate surface area is 152 Å². The topological polar surface area (TPSA) is 80.3 Å². The lowest BCUT2D eigenvalue weighted by atomic mass is 10.2. The summed E-state index contributed by atoms with van der Waals surface area (Å²) in [5, 5.41) is 12.4. The number of nitriles is 1. The van der Waals surface area contributed by atoms with Crippen LogP contribution in [0.15, 0.2) is 52.9 Å². The number of oxazole rings is 1. The van der Waals surface area contributed by atoms with E-state index in [9.17, 15) is 5.26 Å². The molecule has 26 heavy (non-hydrogen) atoms. The molecule has 0 amide bonds. The molecule has 0 aliphatic heterocycles. The third kappa shape index (κ3) is 3.95. The maximum Gasteiger partial charge on any atom is 0.236 e. The van der Waals surface area contributed by atoms with Crippen LogP contribution in [0.2, 0.25) is 0 Å². The molecule has 1 N–H and O–H groups in total. The van der Waals surface area contributed by atoms with Crippen molar-refractivity contribution in [1.82, 2.24) is 4.98 Å². The van der Waals surface area contributed by atoms with Gasteiger partial charge in [0.1, 0.15) is 17.6 Å².